The van der Waals surface area contributed by atoms with Gasteiger partial charge < -0.3 is 20.3 Å². The number of hydrogen-bond donors (Lipinski definition) is 2. The van der Waals surface area contributed by atoms with Gasteiger partial charge in [-0.15, -0.1) is 0 Å². The van der Waals surface area contributed by atoms with Crippen molar-refractivity contribution in [2.45, 2.75) is 88.8 Å². The Bertz CT molecular complexity index is 1230. The molecule has 2 amide bonds. The average molecular weight is 589 g/mol. The number of fused-ring (bicyclic) bond motifs is 2. The molecule has 1 aromatic carbocycles. The molecule has 4 rings (SSSR count). The van der Waals surface area contributed by atoms with Crippen molar-refractivity contribution < 1.29 is 36.3 Å². The lowest BCUT2D eigenvalue weighted by Crippen LogP contribution is -2.55. The molecule has 2 aromatic rings. The second-order valence-corrected chi connectivity index (χ2v) is 11.1. The molecule has 0 spiro atoms. The van der Waals surface area contributed by atoms with Gasteiger partial charge in [0, 0.05) is 29.9 Å². The van der Waals surface area contributed by atoms with Crippen molar-refractivity contribution in [3.8, 4) is 5.75 Å². The first-order chi connectivity index (χ1) is 18.7. The standard InChI is InChI=1S/C27H30ClF5N4O3/c1-14(27(31,32)33)35-24(38)16-5-9-22(34-13-16)37-18-6-7-19(37)12-17(11-18)36-25(39)26(2,3)40-21-8-4-15(23(29)30)10-20(21)28/h4-5,8-10,13-14,17-19,23H,6-7,11-12H2,1-3H3,(H,35,38)(H,36,39)/t14-,17?,18-,19+/m0/s1. The highest BCUT2D eigenvalue weighted by molar-refractivity contribution is 6.32. The summed E-state index contributed by atoms with van der Waals surface area (Å²) in [5.74, 6) is -0.495. The van der Waals surface area contributed by atoms with E-state index in [2.05, 4.69) is 15.2 Å². The highest BCUT2D eigenvalue weighted by atomic mass is 35.5. The number of alkyl halides is 5. The minimum Gasteiger partial charge on any atom is -0.476 e. The van der Waals surface area contributed by atoms with Crippen LogP contribution in [0.1, 0.15) is 68.8 Å². The van der Waals surface area contributed by atoms with E-state index >= 15 is 0 Å². The van der Waals surface area contributed by atoms with Crippen molar-refractivity contribution in [1.82, 2.24) is 15.6 Å². The molecule has 2 fully saturated rings. The Morgan fingerprint density at radius 2 is 1.75 bits per heavy atom. The molecule has 0 saturated carbocycles. The van der Waals surface area contributed by atoms with Gasteiger partial charge in [-0.05, 0) is 76.8 Å². The number of anilines is 1. The normalized spacial score (nSPS) is 21.8. The van der Waals surface area contributed by atoms with Gasteiger partial charge in [-0.3, -0.25) is 9.59 Å². The van der Waals surface area contributed by atoms with Gasteiger partial charge in [0.25, 0.3) is 18.2 Å². The SMILES string of the molecule is C[C@H](NC(=O)c1ccc(N2[C@@H]3CC[C@H]2CC(NC(=O)C(C)(C)Oc2ccc(C(F)F)cc2Cl)C3)nc1)C(F)(F)F. The highest BCUT2D eigenvalue weighted by Gasteiger charge is 2.43. The van der Waals surface area contributed by atoms with Crippen LogP contribution in [-0.4, -0.2) is 52.7 Å². The first kappa shape index (κ1) is 29.8. The van der Waals surface area contributed by atoms with E-state index in [0.717, 1.165) is 25.8 Å². The number of carbonyl (C=O) groups excluding carboxylic acids is 2. The summed E-state index contributed by atoms with van der Waals surface area (Å²) in [6, 6.07) is 4.71. The van der Waals surface area contributed by atoms with E-state index in [4.69, 9.17) is 16.3 Å². The Kier molecular flexibility index (Phi) is 8.49. The number of halogens is 6. The Hall–Kier alpha value is -3.15. The summed E-state index contributed by atoms with van der Waals surface area (Å²) < 4.78 is 69.9. The Morgan fingerprint density at radius 3 is 2.27 bits per heavy atom. The van der Waals surface area contributed by atoms with Crippen LogP contribution < -0.4 is 20.3 Å². The lowest BCUT2D eigenvalue weighted by atomic mass is 9.96. The predicted octanol–water partition coefficient (Wildman–Crippen LogP) is 5.83. The lowest BCUT2D eigenvalue weighted by Gasteiger charge is -2.40. The molecule has 218 valence electrons. The summed E-state index contributed by atoms with van der Waals surface area (Å²) in [7, 11) is 0. The van der Waals surface area contributed by atoms with Crippen LogP contribution in [0, 0.1) is 0 Å². The van der Waals surface area contributed by atoms with Crippen molar-refractivity contribution in [2.24, 2.45) is 0 Å². The smallest absolute Gasteiger partial charge is 0.408 e. The number of ether oxygens (including phenoxy) is 1. The number of rotatable bonds is 8. The maximum atomic E-state index is 13.1. The van der Waals surface area contributed by atoms with Crippen LogP contribution in [0.4, 0.5) is 27.8 Å². The van der Waals surface area contributed by atoms with Gasteiger partial charge in [0.05, 0.1) is 10.6 Å². The van der Waals surface area contributed by atoms with Crippen molar-refractivity contribution >= 4 is 29.2 Å². The van der Waals surface area contributed by atoms with Crippen LogP contribution in [-0.2, 0) is 4.79 Å². The molecule has 2 aliphatic heterocycles. The number of pyridine rings is 1. The van der Waals surface area contributed by atoms with E-state index in [1.807, 2.05) is 5.32 Å². The number of hydrogen-bond acceptors (Lipinski definition) is 5. The second kappa shape index (κ2) is 11.4. The number of amides is 2. The maximum Gasteiger partial charge on any atom is 0.408 e. The molecular formula is C27H30ClF5N4O3. The number of aromatic nitrogens is 1. The molecule has 40 heavy (non-hydrogen) atoms. The molecule has 1 aromatic heterocycles. The van der Waals surface area contributed by atoms with Crippen LogP contribution in [0.5, 0.6) is 5.75 Å². The largest absolute Gasteiger partial charge is 0.476 e. The lowest BCUT2D eigenvalue weighted by molar-refractivity contribution is -0.149. The van der Waals surface area contributed by atoms with Crippen LogP contribution >= 0.6 is 11.6 Å². The van der Waals surface area contributed by atoms with Gasteiger partial charge >= 0.3 is 6.18 Å². The topological polar surface area (TPSA) is 83.6 Å². The summed E-state index contributed by atoms with van der Waals surface area (Å²) in [6.07, 6.45) is -2.95. The Labute approximate surface area is 233 Å². The molecule has 7 nitrogen and oxygen atoms in total. The van der Waals surface area contributed by atoms with Crippen LogP contribution in [0.3, 0.4) is 0 Å². The van der Waals surface area contributed by atoms with Gasteiger partial charge in [0.15, 0.2) is 5.60 Å². The van der Waals surface area contributed by atoms with Crippen LogP contribution in [0.25, 0.3) is 0 Å². The molecule has 0 radical (unpaired) electrons. The van der Waals surface area contributed by atoms with E-state index in [1.165, 1.54) is 24.4 Å². The summed E-state index contributed by atoms with van der Waals surface area (Å²) >= 11 is 6.10. The quantitative estimate of drug-likeness (QED) is 0.379. The zero-order valence-corrected chi connectivity index (χ0v) is 22.8. The fourth-order valence-electron chi connectivity index (χ4n) is 5.12. The third-order valence-electron chi connectivity index (χ3n) is 7.30. The number of carbonyl (C=O) groups is 2. The molecule has 13 heteroatoms. The summed E-state index contributed by atoms with van der Waals surface area (Å²) in [5.41, 5.74) is -1.54. The van der Waals surface area contributed by atoms with E-state index in [9.17, 15) is 31.5 Å². The number of benzene rings is 1. The number of nitrogens with zero attached hydrogens (tertiary/aromatic N) is 2. The van der Waals surface area contributed by atoms with E-state index in [-0.39, 0.29) is 45.9 Å². The van der Waals surface area contributed by atoms with Crippen molar-refractivity contribution in [1.29, 1.82) is 0 Å². The fraction of sp³-hybridized carbons (Fsp3) is 0.519. The van der Waals surface area contributed by atoms with Crippen molar-refractivity contribution in [3.63, 3.8) is 0 Å². The third-order valence-corrected chi connectivity index (χ3v) is 7.60. The van der Waals surface area contributed by atoms with Crippen LogP contribution in [0.15, 0.2) is 36.5 Å². The number of nitrogens with one attached hydrogen (secondary N) is 2. The van der Waals surface area contributed by atoms with Gasteiger partial charge in [-0.25, -0.2) is 13.8 Å². The van der Waals surface area contributed by atoms with E-state index in [0.29, 0.717) is 18.7 Å². The van der Waals surface area contributed by atoms with Gasteiger partial charge in [0.1, 0.15) is 17.6 Å². The van der Waals surface area contributed by atoms with E-state index < -0.39 is 30.2 Å². The summed E-state index contributed by atoms with van der Waals surface area (Å²) in [6.45, 7) is 4.01. The molecule has 1 unspecified atom stereocenters. The molecule has 2 N–H and O–H groups in total. The zero-order chi connectivity index (χ0) is 29.4. The predicted molar refractivity (Wildman–Crippen MR) is 139 cm³/mol. The van der Waals surface area contributed by atoms with E-state index in [1.54, 1.807) is 19.9 Å². The Balaban J connectivity index is 1.36. The second-order valence-electron chi connectivity index (χ2n) is 10.7. The molecule has 0 aliphatic carbocycles. The monoisotopic (exact) mass is 588 g/mol. The third kappa shape index (κ3) is 6.59. The zero-order valence-electron chi connectivity index (χ0n) is 22.1. The molecule has 2 saturated heterocycles. The number of piperidine rings is 1. The maximum absolute atomic E-state index is 13.1. The van der Waals surface area contributed by atoms with Crippen molar-refractivity contribution in [2.75, 3.05) is 4.90 Å². The van der Waals surface area contributed by atoms with Crippen molar-refractivity contribution in [3.05, 3.63) is 52.7 Å². The molecule has 4 atom stereocenters. The van der Waals surface area contributed by atoms with Crippen LogP contribution in [0.2, 0.25) is 5.02 Å². The first-order valence-corrected chi connectivity index (χ1v) is 13.2. The average Bonchev–Trinajstić information content (AvgIpc) is 3.14. The minimum atomic E-state index is -4.54. The van der Waals surface area contributed by atoms with Gasteiger partial charge in [-0.2, -0.15) is 13.2 Å². The summed E-state index contributed by atoms with van der Waals surface area (Å²) in [4.78, 5) is 31.8. The minimum absolute atomic E-state index is 0.0177. The molecule has 3 heterocycles. The highest BCUT2D eigenvalue weighted by Crippen LogP contribution is 2.39. The summed E-state index contributed by atoms with van der Waals surface area (Å²) in [5, 5.41) is 4.94. The molecule has 2 bridgehead atoms. The molecule has 2 aliphatic rings. The van der Waals surface area contributed by atoms with Gasteiger partial charge in [-0.1, -0.05) is 11.6 Å². The van der Waals surface area contributed by atoms with Gasteiger partial charge in [0.2, 0.25) is 0 Å². The Morgan fingerprint density at radius 1 is 1.10 bits per heavy atom. The fourth-order valence-corrected chi connectivity index (χ4v) is 5.35. The molecular weight excluding hydrogens is 559 g/mol. The first-order valence-electron chi connectivity index (χ1n) is 12.8.